The van der Waals surface area contributed by atoms with Gasteiger partial charge in [0.2, 0.25) is 0 Å². The number of esters is 1. The first-order chi connectivity index (χ1) is 24.6. The van der Waals surface area contributed by atoms with E-state index in [4.69, 9.17) is 33.2 Å². The molecule has 0 spiro atoms. The van der Waals surface area contributed by atoms with Crippen molar-refractivity contribution in [2.75, 3.05) is 39.6 Å². The minimum absolute atomic E-state index is 0.121. The van der Waals surface area contributed by atoms with Gasteiger partial charge in [0, 0.05) is 6.08 Å². The van der Waals surface area contributed by atoms with Crippen LogP contribution in [0.5, 0.6) is 23.0 Å². The number of aliphatic hydroxyl groups excluding tert-OH is 5. The molecule has 19 nitrogen and oxygen atoms in total. The van der Waals surface area contributed by atoms with Gasteiger partial charge in [-0.25, -0.2) is 4.79 Å². The number of aliphatic hydroxyl groups is 7. The molecular formula is C33H42O19. The van der Waals surface area contributed by atoms with Crippen LogP contribution in [0.3, 0.4) is 0 Å². The molecule has 0 amide bonds. The molecule has 288 valence electrons. The molecule has 2 aromatic carbocycles. The molecule has 52 heavy (non-hydrogen) atoms. The van der Waals surface area contributed by atoms with Crippen molar-refractivity contribution in [1.29, 1.82) is 0 Å². The van der Waals surface area contributed by atoms with Crippen LogP contribution >= 0.6 is 0 Å². The molecule has 11 atom stereocenters. The van der Waals surface area contributed by atoms with E-state index in [1.807, 2.05) is 0 Å². The van der Waals surface area contributed by atoms with E-state index in [0.29, 0.717) is 11.1 Å². The summed E-state index contributed by atoms with van der Waals surface area (Å²) in [4.78, 5) is 12.5. The van der Waals surface area contributed by atoms with E-state index in [-0.39, 0.29) is 30.3 Å². The second-order valence-electron chi connectivity index (χ2n) is 12.7. The Labute approximate surface area is 295 Å². The molecule has 2 aromatic rings. The molecule has 5 rings (SSSR count). The molecule has 0 aliphatic carbocycles. The molecule has 0 saturated carbocycles. The summed E-state index contributed by atoms with van der Waals surface area (Å²) in [5, 5.41) is 113. The van der Waals surface area contributed by atoms with Crippen molar-refractivity contribution < 1.29 is 94.1 Å². The Morgan fingerprint density at radius 3 is 2.13 bits per heavy atom. The van der Waals surface area contributed by atoms with E-state index in [0.717, 1.165) is 6.08 Å². The van der Waals surface area contributed by atoms with E-state index in [1.165, 1.54) is 42.5 Å². The molecule has 3 fully saturated rings. The molecule has 3 aliphatic rings. The minimum atomic E-state index is -2.17. The molecule has 3 aliphatic heterocycles. The largest absolute Gasteiger partial charge is 0.504 e. The quantitative estimate of drug-likeness (QED) is 0.0524. The zero-order valence-corrected chi connectivity index (χ0v) is 27.5. The zero-order chi connectivity index (χ0) is 37.8. The van der Waals surface area contributed by atoms with Gasteiger partial charge in [0.25, 0.3) is 0 Å². The van der Waals surface area contributed by atoms with Crippen molar-refractivity contribution in [2.24, 2.45) is 0 Å². The third-order valence-electron chi connectivity index (χ3n) is 8.83. The highest BCUT2D eigenvalue weighted by molar-refractivity contribution is 5.87. The first-order valence-electron chi connectivity index (χ1n) is 16.1. The molecule has 0 aromatic heterocycles. The Morgan fingerprint density at radius 1 is 0.808 bits per heavy atom. The summed E-state index contributed by atoms with van der Waals surface area (Å²) in [6.07, 6.45) is -12.3. The van der Waals surface area contributed by atoms with Crippen LogP contribution in [0.25, 0.3) is 6.08 Å². The van der Waals surface area contributed by atoms with Gasteiger partial charge in [-0.05, 0) is 47.9 Å². The molecule has 11 N–H and O–H groups in total. The first kappa shape index (κ1) is 39.5. The normalized spacial score (nSPS) is 34.9. The Hall–Kier alpha value is -3.67. The van der Waals surface area contributed by atoms with Crippen LogP contribution in [0.2, 0.25) is 0 Å². The predicted octanol–water partition coefficient (Wildman–Crippen LogP) is -2.94. The average Bonchev–Trinajstić information content (AvgIpc) is 3.57. The molecule has 3 saturated heterocycles. The van der Waals surface area contributed by atoms with Gasteiger partial charge in [-0.1, -0.05) is 12.1 Å². The van der Waals surface area contributed by atoms with Gasteiger partial charge in [-0.15, -0.1) is 0 Å². The second-order valence-corrected chi connectivity index (χ2v) is 12.7. The number of benzene rings is 2. The average molecular weight is 743 g/mol. The monoisotopic (exact) mass is 742 g/mol. The summed E-state index contributed by atoms with van der Waals surface area (Å²) in [5.41, 5.74) is -3.27. The highest BCUT2D eigenvalue weighted by Gasteiger charge is 2.55. The van der Waals surface area contributed by atoms with E-state index in [9.17, 15) is 61.0 Å². The van der Waals surface area contributed by atoms with E-state index < -0.39 is 111 Å². The van der Waals surface area contributed by atoms with Gasteiger partial charge in [0.05, 0.1) is 33.0 Å². The van der Waals surface area contributed by atoms with Crippen LogP contribution in [0.1, 0.15) is 11.1 Å². The highest BCUT2D eigenvalue weighted by atomic mass is 16.7. The third kappa shape index (κ3) is 8.92. The number of aromatic hydroxyl groups is 4. The fraction of sp³-hybridized carbons (Fsp3) is 0.545. The van der Waals surface area contributed by atoms with Crippen LogP contribution in [0, 0.1) is 0 Å². The summed E-state index contributed by atoms with van der Waals surface area (Å²) in [6.45, 7) is -3.31. The summed E-state index contributed by atoms with van der Waals surface area (Å²) < 4.78 is 38.4. The van der Waals surface area contributed by atoms with Crippen LogP contribution in [-0.4, -0.2) is 168 Å². The van der Waals surface area contributed by atoms with E-state index in [1.54, 1.807) is 0 Å². The lowest BCUT2D eigenvalue weighted by Gasteiger charge is -2.43. The number of phenols is 4. The van der Waals surface area contributed by atoms with Crippen molar-refractivity contribution in [1.82, 2.24) is 0 Å². The number of ether oxygens (including phenoxy) is 7. The number of carbonyl (C=O) groups is 1. The highest BCUT2D eigenvalue weighted by Crippen LogP contribution is 2.34. The Morgan fingerprint density at radius 2 is 1.46 bits per heavy atom. The summed E-state index contributed by atoms with van der Waals surface area (Å²) in [6, 6.07) is 7.95. The van der Waals surface area contributed by atoms with E-state index >= 15 is 0 Å². The van der Waals surface area contributed by atoms with Gasteiger partial charge in [0.15, 0.2) is 41.9 Å². The molecule has 3 heterocycles. The van der Waals surface area contributed by atoms with Crippen molar-refractivity contribution in [3.63, 3.8) is 0 Å². The summed E-state index contributed by atoms with van der Waals surface area (Å²) >= 11 is 0. The van der Waals surface area contributed by atoms with Gasteiger partial charge in [-0.3, -0.25) is 0 Å². The van der Waals surface area contributed by atoms with Gasteiger partial charge in [-0.2, -0.15) is 0 Å². The number of carbonyl (C=O) groups excluding carboxylic acids is 1. The van der Waals surface area contributed by atoms with E-state index in [2.05, 4.69) is 0 Å². The van der Waals surface area contributed by atoms with Crippen molar-refractivity contribution in [3.8, 4) is 23.0 Å². The minimum Gasteiger partial charge on any atom is -0.504 e. The zero-order valence-electron chi connectivity index (χ0n) is 27.5. The number of phenolic OH excluding ortho intramolecular Hbond substituents is 4. The van der Waals surface area contributed by atoms with Crippen LogP contribution in [0.4, 0.5) is 0 Å². The first-order valence-corrected chi connectivity index (χ1v) is 16.1. The molecule has 19 heteroatoms. The van der Waals surface area contributed by atoms with Crippen LogP contribution < -0.4 is 0 Å². The standard InChI is InChI=1S/C33H42O19/c34-12-32(44)13-48-30(27(32)42)49-14-33(45)15-50-31(28(33)43)52-26-24(40)22(11-47-23(39)6-3-16-1-4-18(35)20(37)9-16)51-29(25(26)41)46-8-7-17-2-5-19(36)21(38)10-17/h1-6,9-10,22,24-31,34-38,40-45H,7-8,11-15H2/b6-3+/t22-,24-,25-,26+,27+,28+,29-,30+,31+,32-,33-/m1/s1. The van der Waals surface area contributed by atoms with Crippen molar-refractivity contribution in [2.45, 2.75) is 73.1 Å². The SMILES string of the molecule is O=C(/C=C/c1ccc(O)c(O)c1)OC[C@H]1O[C@@H](OCCc2ccc(O)c(O)c2)[C@H](O)[C@@H](O[C@@H]2OC[C@](O)(CO[C@@H]3OC[C@](O)(CO)[C@H]3O)[C@H]2O)[C@@H]1O. The fourth-order valence-electron chi connectivity index (χ4n) is 5.59. The second kappa shape index (κ2) is 16.6. The Bertz CT molecular complexity index is 1560. The third-order valence-corrected chi connectivity index (χ3v) is 8.83. The lowest BCUT2D eigenvalue weighted by molar-refractivity contribution is -0.329. The molecule has 0 bridgehead atoms. The van der Waals surface area contributed by atoms with Gasteiger partial charge in [0.1, 0.15) is 54.4 Å². The Kier molecular flexibility index (Phi) is 12.6. The number of hydrogen-bond donors (Lipinski definition) is 11. The molecular weight excluding hydrogens is 700 g/mol. The van der Waals surface area contributed by atoms with Crippen molar-refractivity contribution >= 4 is 12.0 Å². The maximum absolute atomic E-state index is 12.5. The van der Waals surface area contributed by atoms with Crippen LogP contribution in [-0.2, 0) is 44.4 Å². The summed E-state index contributed by atoms with van der Waals surface area (Å²) in [5.74, 6) is -2.35. The summed E-state index contributed by atoms with van der Waals surface area (Å²) in [7, 11) is 0. The topological polar surface area (TPSA) is 304 Å². The van der Waals surface area contributed by atoms with Crippen LogP contribution in [0.15, 0.2) is 42.5 Å². The maximum Gasteiger partial charge on any atom is 0.330 e. The number of rotatable bonds is 14. The lowest BCUT2D eigenvalue weighted by Crippen LogP contribution is -2.62. The Balaban J connectivity index is 1.24. The smallest absolute Gasteiger partial charge is 0.330 e. The van der Waals surface area contributed by atoms with Gasteiger partial charge < -0.3 is 89.3 Å². The number of hydrogen-bond acceptors (Lipinski definition) is 19. The lowest BCUT2D eigenvalue weighted by atomic mass is 9.97. The predicted molar refractivity (Wildman–Crippen MR) is 169 cm³/mol. The van der Waals surface area contributed by atoms with Crippen molar-refractivity contribution in [3.05, 3.63) is 53.6 Å². The molecule has 0 radical (unpaired) electrons. The maximum atomic E-state index is 12.5. The fourth-order valence-corrected chi connectivity index (χ4v) is 5.59. The van der Waals surface area contributed by atoms with Gasteiger partial charge >= 0.3 is 5.97 Å². The molecule has 0 unspecified atom stereocenters.